The van der Waals surface area contributed by atoms with Crippen LogP contribution in [0.5, 0.6) is 5.75 Å². The fourth-order valence-corrected chi connectivity index (χ4v) is 2.37. The number of aromatic nitrogens is 2. The van der Waals surface area contributed by atoms with Crippen molar-refractivity contribution in [2.75, 3.05) is 6.54 Å². The summed E-state index contributed by atoms with van der Waals surface area (Å²) in [6.45, 7) is 4.47. The molecule has 0 aliphatic carbocycles. The minimum atomic E-state index is -0.454. The summed E-state index contributed by atoms with van der Waals surface area (Å²) in [5, 5.41) is 2.91. The molecule has 0 unspecified atom stereocenters. The van der Waals surface area contributed by atoms with Crippen molar-refractivity contribution in [2.45, 2.75) is 26.0 Å². The van der Waals surface area contributed by atoms with Crippen molar-refractivity contribution in [1.82, 2.24) is 14.7 Å². The van der Waals surface area contributed by atoms with Gasteiger partial charge in [-0.05, 0) is 44.2 Å². The average molecular weight is 338 g/mol. The van der Waals surface area contributed by atoms with Gasteiger partial charge in [0.2, 0.25) is 0 Å². The zero-order valence-electron chi connectivity index (χ0n) is 14.4. The lowest BCUT2D eigenvalue weighted by molar-refractivity contribution is 0.0915. The van der Waals surface area contributed by atoms with Crippen LogP contribution in [0, 0.1) is 0 Å². The number of nitrogens with one attached hydrogen (secondary N) is 1. The second kappa shape index (κ2) is 6.94. The number of pyridine rings is 1. The Hall–Kier alpha value is -2.86. The van der Waals surface area contributed by atoms with Crippen LogP contribution in [0.3, 0.4) is 0 Å². The highest BCUT2D eigenvalue weighted by molar-refractivity contribution is 5.95. The van der Waals surface area contributed by atoms with E-state index in [0.29, 0.717) is 24.5 Å². The molecule has 2 heterocycles. The number of nitrogens with two attached hydrogens (primary N) is 1. The number of nitrogens with zero attached hydrogens (tertiary/aromatic N) is 2. The third-order valence-electron chi connectivity index (χ3n) is 3.86. The fourth-order valence-electron chi connectivity index (χ4n) is 2.37. The van der Waals surface area contributed by atoms with Crippen molar-refractivity contribution in [3.8, 4) is 5.75 Å². The van der Waals surface area contributed by atoms with Gasteiger partial charge in [-0.2, -0.15) is 0 Å². The van der Waals surface area contributed by atoms with Gasteiger partial charge in [-0.3, -0.25) is 4.79 Å². The molecule has 3 rings (SSSR count). The zero-order chi connectivity index (χ0) is 17.9. The van der Waals surface area contributed by atoms with E-state index in [0.717, 1.165) is 11.3 Å². The number of amides is 1. The molecule has 0 aliphatic heterocycles. The number of hydrogen-bond acceptors (Lipinski definition) is 4. The van der Waals surface area contributed by atoms with E-state index < -0.39 is 5.54 Å². The van der Waals surface area contributed by atoms with E-state index in [4.69, 9.17) is 10.5 Å². The summed E-state index contributed by atoms with van der Waals surface area (Å²) >= 11 is 0. The zero-order valence-corrected chi connectivity index (χ0v) is 14.4. The summed E-state index contributed by atoms with van der Waals surface area (Å²) in [4.78, 5) is 16.8. The number of imidazole rings is 1. The van der Waals surface area contributed by atoms with Gasteiger partial charge in [-0.15, -0.1) is 0 Å². The maximum atomic E-state index is 12.3. The molecule has 0 spiro atoms. The van der Waals surface area contributed by atoms with Crippen LogP contribution in [0.1, 0.15) is 29.9 Å². The van der Waals surface area contributed by atoms with Gasteiger partial charge < -0.3 is 20.2 Å². The van der Waals surface area contributed by atoms with Crippen molar-refractivity contribution < 1.29 is 9.53 Å². The fraction of sp³-hybridized carbons (Fsp3) is 0.263. The monoisotopic (exact) mass is 338 g/mol. The number of fused-ring (bicyclic) bond motifs is 1. The number of carbonyl (C=O) groups excluding carboxylic acids is 1. The number of hydrogen-bond donors (Lipinski definition) is 2. The van der Waals surface area contributed by atoms with Gasteiger partial charge in [0.25, 0.3) is 5.91 Å². The first-order valence-corrected chi connectivity index (χ1v) is 8.15. The Labute approximate surface area is 146 Å². The second-order valence-electron chi connectivity index (χ2n) is 6.56. The van der Waals surface area contributed by atoms with Crippen LogP contribution in [-0.2, 0) is 6.61 Å². The van der Waals surface area contributed by atoms with E-state index in [2.05, 4.69) is 10.3 Å². The first-order valence-electron chi connectivity index (χ1n) is 8.15. The summed E-state index contributed by atoms with van der Waals surface area (Å²) in [5.74, 6) is 0.448. The Bertz CT molecular complexity index is 853. The maximum Gasteiger partial charge on any atom is 0.251 e. The molecule has 6 nitrogen and oxygen atoms in total. The minimum absolute atomic E-state index is 0.173. The molecule has 1 aromatic carbocycles. The van der Waals surface area contributed by atoms with Crippen LogP contribution in [-0.4, -0.2) is 27.4 Å². The Morgan fingerprint density at radius 1 is 1.28 bits per heavy atom. The van der Waals surface area contributed by atoms with E-state index in [9.17, 15) is 4.79 Å². The number of rotatable bonds is 6. The molecule has 0 saturated carbocycles. The van der Waals surface area contributed by atoms with Crippen LogP contribution in [0.25, 0.3) is 5.65 Å². The third-order valence-corrected chi connectivity index (χ3v) is 3.86. The Morgan fingerprint density at radius 2 is 2.12 bits per heavy atom. The van der Waals surface area contributed by atoms with Crippen LogP contribution in [0.15, 0.2) is 54.9 Å². The van der Waals surface area contributed by atoms with Gasteiger partial charge in [-0.25, -0.2) is 4.98 Å². The average Bonchev–Trinajstić information content (AvgIpc) is 3.03. The second-order valence-corrected chi connectivity index (χ2v) is 6.56. The van der Waals surface area contributed by atoms with E-state index in [1.807, 2.05) is 54.9 Å². The maximum absolute atomic E-state index is 12.3. The molecule has 3 N–H and O–H groups in total. The SMILES string of the molecule is CC(C)(CN)NC(=O)c1cccc(OCc2cn3ccccc3n2)c1. The lowest BCUT2D eigenvalue weighted by atomic mass is 10.1. The van der Waals surface area contributed by atoms with Crippen LogP contribution in [0.4, 0.5) is 0 Å². The normalized spacial score (nSPS) is 11.5. The first kappa shape index (κ1) is 17.0. The predicted molar refractivity (Wildman–Crippen MR) is 96.6 cm³/mol. The lowest BCUT2D eigenvalue weighted by Crippen LogP contribution is -2.48. The molecular formula is C19H22N4O2. The van der Waals surface area contributed by atoms with Crippen LogP contribution < -0.4 is 15.8 Å². The van der Waals surface area contributed by atoms with Gasteiger partial charge in [0, 0.05) is 30.0 Å². The Kier molecular flexibility index (Phi) is 4.72. The largest absolute Gasteiger partial charge is 0.487 e. The summed E-state index contributed by atoms with van der Waals surface area (Å²) < 4.78 is 7.73. The predicted octanol–water partition coefficient (Wildman–Crippen LogP) is 2.38. The number of ether oxygens (including phenoxy) is 1. The molecule has 0 atom stereocenters. The molecule has 2 aromatic heterocycles. The molecule has 0 bridgehead atoms. The third kappa shape index (κ3) is 4.16. The molecule has 6 heteroatoms. The van der Waals surface area contributed by atoms with Gasteiger partial charge >= 0.3 is 0 Å². The molecule has 25 heavy (non-hydrogen) atoms. The molecule has 130 valence electrons. The highest BCUT2D eigenvalue weighted by Crippen LogP contribution is 2.16. The van der Waals surface area contributed by atoms with Crippen molar-refractivity contribution in [1.29, 1.82) is 0 Å². The van der Waals surface area contributed by atoms with Gasteiger partial charge in [0.1, 0.15) is 18.0 Å². The van der Waals surface area contributed by atoms with E-state index in [1.54, 1.807) is 18.2 Å². The van der Waals surface area contributed by atoms with E-state index >= 15 is 0 Å². The number of carbonyl (C=O) groups is 1. The molecule has 0 saturated heterocycles. The van der Waals surface area contributed by atoms with Gasteiger partial charge in [0.05, 0.1) is 5.69 Å². The first-order chi connectivity index (χ1) is 12.0. The van der Waals surface area contributed by atoms with Crippen molar-refractivity contribution in [3.05, 3.63) is 66.1 Å². The van der Waals surface area contributed by atoms with Crippen LogP contribution in [0.2, 0.25) is 0 Å². The number of benzene rings is 1. The standard InChI is InChI=1S/C19H22N4O2/c1-19(2,13-20)22-18(24)14-6-5-7-16(10-14)25-12-15-11-23-9-4-3-8-17(23)21-15/h3-11H,12-13,20H2,1-2H3,(H,22,24). The summed E-state index contributed by atoms with van der Waals surface area (Å²) in [5.41, 5.74) is 7.44. The summed E-state index contributed by atoms with van der Waals surface area (Å²) in [6, 6.07) is 12.9. The summed E-state index contributed by atoms with van der Waals surface area (Å²) in [7, 11) is 0. The highest BCUT2D eigenvalue weighted by Gasteiger charge is 2.19. The highest BCUT2D eigenvalue weighted by atomic mass is 16.5. The minimum Gasteiger partial charge on any atom is -0.487 e. The molecule has 3 aromatic rings. The Balaban J connectivity index is 1.68. The van der Waals surface area contributed by atoms with Crippen molar-refractivity contribution in [2.24, 2.45) is 5.73 Å². The lowest BCUT2D eigenvalue weighted by Gasteiger charge is -2.24. The molecule has 1 amide bonds. The molecule has 0 aliphatic rings. The topological polar surface area (TPSA) is 81.6 Å². The van der Waals surface area contributed by atoms with Crippen molar-refractivity contribution in [3.63, 3.8) is 0 Å². The molecule has 0 radical (unpaired) electrons. The smallest absolute Gasteiger partial charge is 0.251 e. The molecular weight excluding hydrogens is 316 g/mol. The van der Waals surface area contributed by atoms with Gasteiger partial charge in [-0.1, -0.05) is 12.1 Å². The quantitative estimate of drug-likeness (QED) is 0.723. The van der Waals surface area contributed by atoms with E-state index in [-0.39, 0.29) is 5.91 Å². The Morgan fingerprint density at radius 3 is 2.88 bits per heavy atom. The van der Waals surface area contributed by atoms with Gasteiger partial charge in [0.15, 0.2) is 0 Å². The molecule has 0 fully saturated rings. The van der Waals surface area contributed by atoms with Crippen LogP contribution >= 0.6 is 0 Å². The van der Waals surface area contributed by atoms with Crippen molar-refractivity contribution >= 4 is 11.6 Å². The summed E-state index contributed by atoms with van der Waals surface area (Å²) in [6.07, 6.45) is 3.87. The van der Waals surface area contributed by atoms with E-state index in [1.165, 1.54) is 0 Å².